The van der Waals surface area contributed by atoms with Gasteiger partial charge >= 0.3 is 11.9 Å². The van der Waals surface area contributed by atoms with E-state index < -0.39 is 39.0 Å². The van der Waals surface area contributed by atoms with Gasteiger partial charge in [-0.3, -0.25) is 19.7 Å². The Bertz CT molecular complexity index is 1950. The molecule has 3 aromatic carbocycles. The predicted octanol–water partition coefficient (Wildman–Crippen LogP) is 6.99. The number of hydrogen-bond donors (Lipinski definition) is 0. The number of methoxy groups -OCH3 is 1. The van der Waals surface area contributed by atoms with Gasteiger partial charge in [-0.1, -0.05) is 67.6 Å². The minimum atomic E-state index is -4.48. The molecule has 1 aliphatic carbocycles. The molecular formula is C37H36N2O10S. The third-order valence-electron chi connectivity index (χ3n) is 8.28. The Balaban J connectivity index is 1.48. The number of benzene rings is 3. The summed E-state index contributed by atoms with van der Waals surface area (Å²) in [6, 6.07) is 18.3. The lowest BCUT2D eigenvalue weighted by atomic mass is 9.84. The minimum absolute atomic E-state index is 0.154. The first kappa shape index (κ1) is 35.8. The van der Waals surface area contributed by atoms with Gasteiger partial charge in [0, 0.05) is 37.0 Å². The lowest BCUT2D eigenvalue weighted by molar-refractivity contribution is -0.384. The first-order chi connectivity index (χ1) is 24.0. The van der Waals surface area contributed by atoms with Crippen LogP contribution in [0.5, 0.6) is 5.75 Å². The van der Waals surface area contributed by atoms with E-state index in [2.05, 4.69) is 0 Å². The number of allylic oxidation sites excluding steroid dienone is 4. The van der Waals surface area contributed by atoms with E-state index in [4.69, 9.17) is 18.9 Å². The molecule has 0 bridgehead atoms. The largest absolute Gasteiger partial charge is 0.468 e. The second-order valence-electron chi connectivity index (χ2n) is 11.5. The monoisotopic (exact) mass is 700 g/mol. The molecule has 1 aliphatic heterocycles. The molecule has 0 saturated carbocycles. The standard InChI is InChI=1S/C37H36N2O10S/c1-4-34(27-10-6-5-7-11-27)38(50(44,45)31-20-16-28(17-21-31)39(42)43)35(37(41)46-3)22-30-23-47-24-36(49-30)33-13-9-8-12-32(33)26-14-18-29(19-15-26)48-25(2)40/h5-11,13-21,23-24,32,34-35H,4,12,22H2,1-3H3/t32-,34+,35+/m1/s1. The van der Waals surface area contributed by atoms with Gasteiger partial charge in [0.2, 0.25) is 10.0 Å². The summed E-state index contributed by atoms with van der Waals surface area (Å²) in [5.41, 5.74) is 2.06. The molecule has 13 heteroatoms. The first-order valence-corrected chi connectivity index (χ1v) is 17.3. The van der Waals surface area contributed by atoms with Gasteiger partial charge in [0.25, 0.3) is 5.69 Å². The lowest BCUT2D eigenvalue weighted by Gasteiger charge is -2.36. The highest BCUT2D eigenvalue weighted by atomic mass is 32.2. The Morgan fingerprint density at radius 2 is 1.72 bits per heavy atom. The van der Waals surface area contributed by atoms with E-state index in [0.29, 0.717) is 23.5 Å². The van der Waals surface area contributed by atoms with Crippen molar-refractivity contribution < 1.29 is 41.9 Å². The zero-order valence-electron chi connectivity index (χ0n) is 27.6. The zero-order chi connectivity index (χ0) is 35.8. The highest BCUT2D eigenvalue weighted by Crippen LogP contribution is 2.40. The van der Waals surface area contributed by atoms with Crippen molar-refractivity contribution in [2.75, 3.05) is 7.11 Å². The maximum absolute atomic E-state index is 14.5. The zero-order valence-corrected chi connectivity index (χ0v) is 28.4. The maximum Gasteiger partial charge on any atom is 0.324 e. The average molecular weight is 701 g/mol. The van der Waals surface area contributed by atoms with Crippen LogP contribution in [-0.4, -0.2) is 42.7 Å². The van der Waals surface area contributed by atoms with Gasteiger partial charge in [-0.05, 0) is 48.2 Å². The van der Waals surface area contributed by atoms with Crippen molar-refractivity contribution in [2.24, 2.45) is 0 Å². The quantitative estimate of drug-likeness (QED) is 0.0789. The molecule has 0 saturated heterocycles. The Morgan fingerprint density at radius 3 is 2.34 bits per heavy atom. The van der Waals surface area contributed by atoms with Crippen LogP contribution in [0.3, 0.4) is 0 Å². The minimum Gasteiger partial charge on any atom is -0.468 e. The van der Waals surface area contributed by atoms with Crippen LogP contribution in [0.1, 0.15) is 56.2 Å². The summed E-state index contributed by atoms with van der Waals surface area (Å²) >= 11 is 0. The first-order valence-electron chi connectivity index (χ1n) is 15.8. The van der Waals surface area contributed by atoms with Crippen molar-refractivity contribution in [1.82, 2.24) is 4.31 Å². The van der Waals surface area contributed by atoms with Gasteiger partial charge in [0.15, 0.2) is 5.76 Å². The number of rotatable bonds is 13. The second kappa shape index (κ2) is 15.8. The van der Waals surface area contributed by atoms with E-state index in [1.54, 1.807) is 49.4 Å². The van der Waals surface area contributed by atoms with Crippen LogP contribution in [0.25, 0.3) is 0 Å². The number of sulfonamides is 1. The second-order valence-corrected chi connectivity index (χ2v) is 13.3. The fourth-order valence-corrected chi connectivity index (χ4v) is 7.79. The van der Waals surface area contributed by atoms with E-state index in [0.717, 1.165) is 39.7 Å². The Kier molecular flexibility index (Phi) is 11.3. The highest BCUT2D eigenvalue weighted by molar-refractivity contribution is 7.89. The lowest BCUT2D eigenvalue weighted by Crippen LogP contribution is -2.47. The molecule has 3 atom stereocenters. The number of nitro groups is 1. The summed E-state index contributed by atoms with van der Waals surface area (Å²) in [6.07, 6.45) is 9.19. The van der Waals surface area contributed by atoms with Gasteiger partial charge in [0.05, 0.1) is 23.0 Å². The van der Waals surface area contributed by atoms with Crippen LogP contribution in [0.4, 0.5) is 5.69 Å². The third kappa shape index (κ3) is 8.01. The SMILES string of the molecule is CC[C@@H](c1ccccc1)N([C@@H](CC1=COC=C(C2=CC=CC[C@@H]2c2ccc(OC(C)=O)cc2)O1)C(=O)OC)S(=O)(=O)c1ccc([N+](=O)[O-])cc1. The van der Waals surface area contributed by atoms with Crippen LogP contribution in [0, 0.1) is 10.1 Å². The number of hydrogen-bond acceptors (Lipinski definition) is 10. The molecule has 3 aromatic rings. The highest BCUT2D eigenvalue weighted by Gasteiger charge is 2.43. The van der Waals surface area contributed by atoms with E-state index in [1.807, 2.05) is 30.4 Å². The van der Waals surface area contributed by atoms with Crippen molar-refractivity contribution in [3.8, 4) is 5.75 Å². The summed E-state index contributed by atoms with van der Waals surface area (Å²) in [7, 11) is -3.31. The molecule has 12 nitrogen and oxygen atoms in total. The van der Waals surface area contributed by atoms with Crippen molar-refractivity contribution >= 4 is 27.6 Å². The van der Waals surface area contributed by atoms with Crippen LogP contribution >= 0.6 is 0 Å². The molecule has 260 valence electrons. The van der Waals surface area contributed by atoms with Crippen molar-refractivity contribution in [2.45, 2.75) is 56.0 Å². The Hall–Kier alpha value is -5.53. The number of carbonyl (C=O) groups is 2. The molecule has 0 radical (unpaired) electrons. The fraction of sp³-hybridized carbons (Fsp3) is 0.243. The van der Waals surface area contributed by atoms with E-state index >= 15 is 0 Å². The topological polar surface area (TPSA) is 152 Å². The van der Waals surface area contributed by atoms with Gasteiger partial charge in [-0.25, -0.2) is 8.42 Å². The van der Waals surface area contributed by atoms with Gasteiger partial charge in [-0.2, -0.15) is 4.31 Å². The number of carbonyl (C=O) groups excluding carboxylic acids is 2. The normalized spacial score (nSPS) is 16.9. The number of nitro benzene ring substituents is 1. The van der Waals surface area contributed by atoms with E-state index in [9.17, 15) is 28.1 Å². The average Bonchev–Trinajstić information content (AvgIpc) is 3.13. The molecular weight excluding hydrogens is 664 g/mol. The molecule has 0 aromatic heterocycles. The summed E-state index contributed by atoms with van der Waals surface area (Å²) in [4.78, 5) is 35.4. The number of nitrogens with zero attached hydrogens (tertiary/aromatic N) is 2. The third-order valence-corrected chi connectivity index (χ3v) is 10.2. The summed E-state index contributed by atoms with van der Waals surface area (Å²) in [6.45, 7) is 3.13. The summed E-state index contributed by atoms with van der Waals surface area (Å²) in [5.74, 6) is -0.458. The van der Waals surface area contributed by atoms with Gasteiger partial charge in [-0.15, -0.1) is 0 Å². The summed E-state index contributed by atoms with van der Waals surface area (Å²) in [5, 5.41) is 11.3. The number of esters is 2. The summed E-state index contributed by atoms with van der Waals surface area (Å²) < 4.78 is 52.5. The van der Waals surface area contributed by atoms with Crippen LogP contribution in [0.2, 0.25) is 0 Å². The van der Waals surface area contributed by atoms with Crippen LogP contribution in [0.15, 0.2) is 132 Å². The fourth-order valence-electron chi connectivity index (χ4n) is 5.97. The number of ether oxygens (including phenoxy) is 4. The molecule has 0 spiro atoms. The van der Waals surface area contributed by atoms with E-state index in [1.165, 1.54) is 26.6 Å². The predicted molar refractivity (Wildman–Crippen MR) is 183 cm³/mol. The molecule has 1 heterocycles. The van der Waals surface area contributed by atoms with Gasteiger partial charge in [0.1, 0.15) is 30.1 Å². The van der Waals surface area contributed by atoms with Gasteiger partial charge < -0.3 is 18.9 Å². The smallest absolute Gasteiger partial charge is 0.324 e. The molecule has 50 heavy (non-hydrogen) atoms. The maximum atomic E-state index is 14.5. The van der Waals surface area contributed by atoms with Crippen LogP contribution < -0.4 is 4.74 Å². The Labute approximate surface area is 290 Å². The number of non-ortho nitro benzene ring substituents is 1. The van der Waals surface area contributed by atoms with Crippen molar-refractivity contribution in [3.05, 3.63) is 148 Å². The molecule has 0 unspecified atom stereocenters. The van der Waals surface area contributed by atoms with E-state index in [-0.39, 0.29) is 35.1 Å². The molecule has 5 rings (SSSR count). The van der Waals surface area contributed by atoms with Crippen molar-refractivity contribution in [1.29, 1.82) is 0 Å². The molecule has 0 amide bonds. The van der Waals surface area contributed by atoms with Crippen molar-refractivity contribution in [3.63, 3.8) is 0 Å². The Morgan fingerprint density at radius 1 is 1.02 bits per heavy atom. The molecule has 0 fully saturated rings. The molecule has 0 N–H and O–H groups in total. The molecule has 2 aliphatic rings. The van der Waals surface area contributed by atoms with Crippen LogP contribution in [-0.2, 0) is 33.8 Å².